The van der Waals surface area contributed by atoms with Crippen LogP contribution in [0.1, 0.15) is 35.3 Å². The minimum absolute atomic E-state index is 0.347. The normalized spacial score (nSPS) is 22.5. The van der Waals surface area contributed by atoms with E-state index in [1.54, 1.807) is 10.6 Å². The van der Waals surface area contributed by atoms with Gasteiger partial charge in [-0.3, -0.25) is 9.59 Å². The van der Waals surface area contributed by atoms with Gasteiger partial charge in [-0.15, -0.1) is 0 Å². The summed E-state index contributed by atoms with van der Waals surface area (Å²) in [6, 6.07) is 5.73. The molecular weight excluding hydrogens is 334 g/mol. The number of ether oxygens (including phenoxy) is 1. The summed E-state index contributed by atoms with van der Waals surface area (Å²) in [5, 5.41) is 15.1. The van der Waals surface area contributed by atoms with Crippen molar-refractivity contribution in [3.05, 3.63) is 35.7 Å². The lowest BCUT2D eigenvalue weighted by molar-refractivity contribution is -0.125. The molecular formula is C19H23N3O4. The summed E-state index contributed by atoms with van der Waals surface area (Å²) in [4.78, 5) is 25.0. The Morgan fingerprint density at radius 2 is 2.27 bits per heavy atom. The fourth-order valence-electron chi connectivity index (χ4n) is 3.41. The summed E-state index contributed by atoms with van der Waals surface area (Å²) in [5.74, 6) is 0.628. The summed E-state index contributed by atoms with van der Waals surface area (Å²) in [6.07, 6.45) is 4.60. The molecule has 2 fully saturated rings. The van der Waals surface area contributed by atoms with Gasteiger partial charge in [0.05, 0.1) is 19.4 Å². The van der Waals surface area contributed by atoms with Gasteiger partial charge in [-0.2, -0.15) is 0 Å². The molecule has 2 aromatic heterocycles. The third-order valence-corrected chi connectivity index (χ3v) is 5.22. The summed E-state index contributed by atoms with van der Waals surface area (Å²) in [7, 11) is 0. The summed E-state index contributed by atoms with van der Waals surface area (Å²) in [5.41, 5.74) is 0.867. The van der Waals surface area contributed by atoms with Gasteiger partial charge < -0.3 is 24.9 Å². The average Bonchev–Trinajstić information content (AvgIpc) is 3.30. The molecule has 2 aliphatic rings. The van der Waals surface area contributed by atoms with Gasteiger partial charge in [0.1, 0.15) is 17.0 Å². The molecule has 1 unspecified atom stereocenters. The molecule has 0 radical (unpaired) electrons. The maximum atomic E-state index is 12.9. The first kappa shape index (κ1) is 16.9. The highest BCUT2D eigenvalue weighted by Crippen LogP contribution is 2.30. The van der Waals surface area contributed by atoms with Gasteiger partial charge in [0, 0.05) is 12.1 Å². The van der Waals surface area contributed by atoms with E-state index in [-0.39, 0.29) is 11.8 Å². The molecule has 1 aliphatic carbocycles. The van der Waals surface area contributed by atoms with E-state index in [1.807, 2.05) is 25.1 Å². The minimum Gasteiger partial charge on any atom is -0.492 e. The van der Waals surface area contributed by atoms with Crippen LogP contribution < -0.4 is 15.4 Å². The zero-order valence-corrected chi connectivity index (χ0v) is 14.7. The summed E-state index contributed by atoms with van der Waals surface area (Å²) in [6.45, 7) is 2.56. The van der Waals surface area contributed by atoms with E-state index >= 15 is 0 Å². The van der Waals surface area contributed by atoms with Gasteiger partial charge in [-0.05, 0) is 55.9 Å². The largest absolute Gasteiger partial charge is 0.492 e. The SMILES string of the molecule is Cc1cc2ccc(OCC3CC3)cn2c1C(=O)NC1(CO)CCNC1=O. The smallest absolute Gasteiger partial charge is 0.269 e. The Labute approximate surface area is 151 Å². The Morgan fingerprint density at radius 1 is 1.46 bits per heavy atom. The fraction of sp³-hybridized carbons (Fsp3) is 0.474. The lowest BCUT2D eigenvalue weighted by Gasteiger charge is -2.25. The van der Waals surface area contributed by atoms with Crippen molar-refractivity contribution >= 4 is 17.3 Å². The van der Waals surface area contributed by atoms with E-state index in [0.717, 1.165) is 11.1 Å². The highest BCUT2D eigenvalue weighted by Gasteiger charge is 2.43. The highest BCUT2D eigenvalue weighted by atomic mass is 16.5. The van der Waals surface area contributed by atoms with Crippen LogP contribution in [0, 0.1) is 12.8 Å². The van der Waals surface area contributed by atoms with E-state index in [9.17, 15) is 14.7 Å². The second kappa shape index (κ2) is 6.32. The molecule has 26 heavy (non-hydrogen) atoms. The van der Waals surface area contributed by atoms with Crippen molar-refractivity contribution in [2.45, 2.75) is 31.7 Å². The molecule has 3 heterocycles. The number of carbonyl (C=O) groups is 2. The number of amides is 2. The molecule has 2 amide bonds. The molecule has 1 saturated carbocycles. The first-order valence-electron chi connectivity index (χ1n) is 8.98. The van der Waals surface area contributed by atoms with Crippen LogP contribution in [-0.4, -0.2) is 46.6 Å². The van der Waals surface area contributed by atoms with Crippen molar-refractivity contribution in [2.75, 3.05) is 19.8 Å². The number of fused-ring (bicyclic) bond motifs is 1. The van der Waals surface area contributed by atoms with E-state index in [0.29, 0.717) is 36.9 Å². The molecule has 1 aliphatic heterocycles. The second-order valence-electron chi connectivity index (χ2n) is 7.29. The fourth-order valence-corrected chi connectivity index (χ4v) is 3.41. The van der Waals surface area contributed by atoms with Crippen molar-refractivity contribution < 1.29 is 19.4 Å². The van der Waals surface area contributed by atoms with Gasteiger partial charge in [0.15, 0.2) is 0 Å². The van der Waals surface area contributed by atoms with Crippen LogP contribution >= 0.6 is 0 Å². The molecule has 0 aromatic carbocycles. The van der Waals surface area contributed by atoms with Gasteiger partial charge >= 0.3 is 0 Å². The standard InChI is InChI=1S/C19H23N3O4/c1-12-8-14-4-5-15(26-10-13-2-3-13)9-22(14)16(12)17(24)21-19(11-23)6-7-20-18(19)25/h4-5,8-9,13,23H,2-3,6-7,10-11H2,1H3,(H,20,25)(H,21,24). The number of nitrogens with zero attached hydrogens (tertiary/aromatic N) is 1. The Kier molecular flexibility index (Phi) is 4.11. The second-order valence-corrected chi connectivity index (χ2v) is 7.29. The van der Waals surface area contributed by atoms with E-state index in [1.165, 1.54) is 12.8 Å². The minimum atomic E-state index is -1.26. The number of pyridine rings is 1. The third kappa shape index (κ3) is 2.92. The third-order valence-electron chi connectivity index (χ3n) is 5.22. The molecule has 7 heteroatoms. The number of aliphatic hydroxyl groups excluding tert-OH is 1. The number of rotatable bonds is 6. The monoisotopic (exact) mass is 357 g/mol. The molecule has 3 N–H and O–H groups in total. The molecule has 4 rings (SSSR count). The zero-order valence-electron chi connectivity index (χ0n) is 14.7. The Balaban J connectivity index is 1.63. The molecule has 2 aromatic rings. The first-order chi connectivity index (χ1) is 12.5. The van der Waals surface area contributed by atoms with E-state index in [4.69, 9.17) is 4.74 Å². The highest BCUT2D eigenvalue weighted by molar-refractivity contribution is 6.01. The maximum absolute atomic E-state index is 12.9. The number of carbonyl (C=O) groups excluding carboxylic acids is 2. The molecule has 0 spiro atoms. The molecule has 1 atom stereocenters. The summed E-state index contributed by atoms with van der Waals surface area (Å²) >= 11 is 0. The Morgan fingerprint density at radius 3 is 2.92 bits per heavy atom. The van der Waals surface area contributed by atoms with Crippen molar-refractivity contribution in [1.29, 1.82) is 0 Å². The lowest BCUT2D eigenvalue weighted by Crippen LogP contribution is -2.56. The number of aromatic nitrogens is 1. The molecule has 0 bridgehead atoms. The quantitative estimate of drug-likeness (QED) is 0.720. The number of hydrogen-bond donors (Lipinski definition) is 3. The number of nitrogens with one attached hydrogen (secondary N) is 2. The average molecular weight is 357 g/mol. The van der Waals surface area contributed by atoms with Crippen LogP contribution in [0.15, 0.2) is 24.4 Å². The van der Waals surface area contributed by atoms with Gasteiger partial charge in [0.2, 0.25) is 5.91 Å². The van der Waals surface area contributed by atoms with Crippen molar-refractivity contribution in [3.63, 3.8) is 0 Å². The van der Waals surface area contributed by atoms with Crippen molar-refractivity contribution in [3.8, 4) is 5.75 Å². The lowest BCUT2D eigenvalue weighted by atomic mass is 9.98. The van der Waals surface area contributed by atoms with Crippen molar-refractivity contribution in [2.24, 2.45) is 5.92 Å². The molecule has 1 saturated heterocycles. The van der Waals surface area contributed by atoms with Gasteiger partial charge in [-0.25, -0.2) is 0 Å². The number of aliphatic hydroxyl groups is 1. The van der Waals surface area contributed by atoms with E-state index in [2.05, 4.69) is 10.6 Å². The van der Waals surface area contributed by atoms with Crippen LogP contribution in [0.2, 0.25) is 0 Å². The van der Waals surface area contributed by atoms with Crippen LogP contribution in [-0.2, 0) is 4.79 Å². The predicted octanol–water partition coefficient (Wildman–Crippen LogP) is 1.02. The van der Waals surface area contributed by atoms with Crippen LogP contribution in [0.5, 0.6) is 5.75 Å². The van der Waals surface area contributed by atoms with Crippen molar-refractivity contribution in [1.82, 2.24) is 15.0 Å². The first-order valence-corrected chi connectivity index (χ1v) is 8.98. The molecule has 138 valence electrons. The molecule has 7 nitrogen and oxygen atoms in total. The predicted molar refractivity (Wildman–Crippen MR) is 95.3 cm³/mol. The van der Waals surface area contributed by atoms with Gasteiger partial charge in [0.25, 0.3) is 5.91 Å². The van der Waals surface area contributed by atoms with Gasteiger partial charge in [-0.1, -0.05) is 0 Å². The van der Waals surface area contributed by atoms with E-state index < -0.39 is 12.1 Å². The number of hydrogen-bond acceptors (Lipinski definition) is 4. The van der Waals surface area contributed by atoms with Crippen LogP contribution in [0.25, 0.3) is 5.52 Å². The zero-order chi connectivity index (χ0) is 18.3. The Hall–Kier alpha value is -2.54. The summed E-state index contributed by atoms with van der Waals surface area (Å²) < 4.78 is 7.60. The van der Waals surface area contributed by atoms with Crippen LogP contribution in [0.4, 0.5) is 0 Å². The maximum Gasteiger partial charge on any atom is 0.269 e. The topological polar surface area (TPSA) is 92.1 Å². The van der Waals surface area contributed by atoms with Crippen LogP contribution in [0.3, 0.4) is 0 Å². The number of aryl methyl sites for hydroxylation is 1. The Bertz CT molecular complexity index is 871.